The zero-order valence-corrected chi connectivity index (χ0v) is 10.2. The number of H-pyrrole nitrogens is 1. The van der Waals surface area contributed by atoms with Crippen LogP contribution in [0.1, 0.15) is 6.42 Å². The maximum atomic E-state index is 13.6. The van der Waals surface area contributed by atoms with E-state index in [9.17, 15) is 8.78 Å². The summed E-state index contributed by atoms with van der Waals surface area (Å²) in [6.07, 6.45) is 1.02. The van der Waals surface area contributed by atoms with Crippen LogP contribution in [-0.2, 0) is 0 Å². The summed E-state index contributed by atoms with van der Waals surface area (Å²) >= 11 is 0. The van der Waals surface area contributed by atoms with E-state index < -0.39 is 11.6 Å². The number of halogens is 2. The molecule has 19 heavy (non-hydrogen) atoms. The molecular formula is C13H14F2N4. The summed E-state index contributed by atoms with van der Waals surface area (Å²) in [5.74, 6) is -1.07. The SMILES string of the molecule is Fc1cccc(-c2cc(NC3CCNC3)n[nH]2)c1F. The highest BCUT2D eigenvalue weighted by Gasteiger charge is 2.16. The highest BCUT2D eigenvalue weighted by atomic mass is 19.2. The van der Waals surface area contributed by atoms with Gasteiger partial charge in [0.25, 0.3) is 0 Å². The van der Waals surface area contributed by atoms with Crippen molar-refractivity contribution >= 4 is 5.82 Å². The van der Waals surface area contributed by atoms with Crippen LogP contribution >= 0.6 is 0 Å². The average molecular weight is 264 g/mol. The third-order valence-electron chi connectivity index (χ3n) is 3.23. The van der Waals surface area contributed by atoms with Gasteiger partial charge in [-0.05, 0) is 25.1 Å². The molecule has 0 bridgehead atoms. The minimum atomic E-state index is -0.861. The normalized spacial score (nSPS) is 18.7. The Labute approximate surface area is 109 Å². The molecule has 1 aromatic heterocycles. The van der Waals surface area contributed by atoms with E-state index >= 15 is 0 Å². The van der Waals surface area contributed by atoms with Gasteiger partial charge in [-0.3, -0.25) is 5.10 Å². The van der Waals surface area contributed by atoms with Gasteiger partial charge in [0, 0.05) is 24.2 Å². The Balaban J connectivity index is 1.82. The molecule has 100 valence electrons. The fraction of sp³-hybridized carbons (Fsp3) is 0.308. The Kier molecular flexibility index (Phi) is 3.16. The second-order valence-electron chi connectivity index (χ2n) is 4.60. The van der Waals surface area contributed by atoms with E-state index in [-0.39, 0.29) is 5.56 Å². The minimum Gasteiger partial charge on any atom is -0.365 e. The lowest BCUT2D eigenvalue weighted by atomic mass is 10.1. The van der Waals surface area contributed by atoms with Gasteiger partial charge in [0.1, 0.15) is 5.82 Å². The molecule has 1 aliphatic rings. The van der Waals surface area contributed by atoms with Crippen LogP contribution in [0.2, 0.25) is 0 Å². The Morgan fingerprint density at radius 3 is 3.00 bits per heavy atom. The molecule has 1 aromatic carbocycles. The lowest BCUT2D eigenvalue weighted by Gasteiger charge is -2.08. The molecule has 0 aliphatic carbocycles. The van der Waals surface area contributed by atoms with Crippen molar-refractivity contribution in [1.29, 1.82) is 0 Å². The number of rotatable bonds is 3. The third-order valence-corrected chi connectivity index (χ3v) is 3.23. The Morgan fingerprint density at radius 2 is 2.21 bits per heavy atom. The first-order valence-corrected chi connectivity index (χ1v) is 6.21. The quantitative estimate of drug-likeness (QED) is 0.796. The highest BCUT2D eigenvalue weighted by Crippen LogP contribution is 2.24. The van der Waals surface area contributed by atoms with Crippen molar-refractivity contribution < 1.29 is 8.78 Å². The zero-order valence-electron chi connectivity index (χ0n) is 10.2. The first kappa shape index (κ1) is 12.1. The van der Waals surface area contributed by atoms with Gasteiger partial charge in [0.05, 0.1) is 5.69 Å². The van der Waals surface area contributed by atoms with Crippen molar-refractivity contribution in [2.75, 3.05) is 18.4 Å². The minimum absolute atomic E-state index is 0.185. The summed E-state index contributed by atoms with van der Waals surface area (Å²) in [7, 11) is 0. The molecule has 1 atom stereocenters. The van der Waals surface area contributed by atoms with Crippen LogP contribution in [0.15, 0.2) is 24.3 Å². The van der Waals surface area contributed by atoms with Gasteiger partial charge >= 0.3 is 0 Å². The molecule has 1 saturated heterocycles. The summed E-state index contributed by atoms with van der Waals surface area (Å²) in [4.78, 5) is 0. The van der Waals surface area contributed by atoms with Gasteiger partial charge in [-0.25, -0.2) is 8.78 Å². The summed E-state index contributed by atoms with van der Waals surface area (Å²) in [6.45, 7) is 1.87. The fourth-order valence-electron chi connectivity index (χ4n) is 2.23. The van der Waals surface area contributed by atoms with E-state index in [2.05, 4.69) is 20.8 Å². The Hall–Kier alpha value is -1.95. The van der Waals surface area contributed by atoms with Gasteiger partial charge in [0.15, 0.2) is 11.6 Å². The molecule has 4 nitrogen and oxygen atoms in total. The third kappa shape index (κ3) is 2.44. The van der Waals surface area contributed by atoms with Crippen molar-refractivity contribution in [2.24, 2.45) is 0 Å². The molecule has 2 aromatic rings. The van der Waals surface area contributed by atoms with Gasteiger partial charge in [-0.2, -0.15) is 5.10 Å². The Morgan fingerprint density at radius 1 is 1.32 bits per heavy atom. The van der Waals surface area contributed by atoms with Crippen molar-refractivity contribution in [2.45, 2.75) is 12.5 Å². The molecule has 1 aliphatic heterocycles. The summed E-state index contributed by atoms with van der Waals surface area (Å²) in [6, 6.07) is 6.11. The first-order chi connectivity index (χ1) is 9.24. The predicted octanol–water partition coefficient (Wildman–Crippen LogP) is 2.13. The largest absolute Gasteiger partial charge is 0.365 e. The lowest BCUT2D eigenvalue weighted by Crippen LogP contribution is -2.22. The molecule has 0 radical (unpaired) electrons. The van der Waals surface area contributed by atoms with Crippen molar-refractivity contribution in [1.82, 2.24) is 15.5 Å². The highest BCUT2D eigenvalue weighted by molar-refractivity contribution is 5.63. The molecule has 1 unspecified atom stereocenters. The average Bonchev–Trinajstić information content (AvgIpc) is 3.05. The molecular weight excluding hydrogens is 250 g/mol. The number of hydrogen-bond acceptors (Lipinski definition) is 3. The van der Waals surface area contributed by atoms with Crippen molar-refractivity contribution in [3.63, 3.8) is 0 Å². The molecule has 0 amide bonds. The number of nitrogens with zero attached hydrogens (tertiary/aromatic N) is 1. The van der Waals surface area contributed by atoms with E-state index in [1.807, 2.05) is 0 Å². The number of benzene rings is 1. The standard InChI is InChI=1S/C13H14F2N4/c14-10-3-1-2-9(13(10)15)11-6-12(19-18-11)17-8-4-5-16-7-8/h1-3,6,8,16H,4-5,7H2,(H2,17,18,19). The van der Waals surface area contributed by atoms with Crippen LogP contribution in [0.25, 0.3) is 11.3 Å². The molecule has 3 rings (SSSR count). The molecule has 0 spiro atoms. The Bertz CT molecular complexity index is 576. The van der Waals surface area contributed by atoms with Gasteiger partial charge < -0.3 is 10.6 Å². The van der Waals surface area contributed by atoms with E-state index in [1.54, 1.807) is 6.07 Å². The molecule has 6 heteroatoms. The molecule has 1 fully saturated rings. The van der Waals surface area contributed by atoms with Crippen LogP contribution < -0.4 is 10.6 Å². The number of hydrogen-bond donors (Lipinski definition) is 3. The monoisotopic (exact) mass is 264 g/mol. The predicted molar refractivity (Wildman–Crippen MR) is 68.8 cm³/mol. The van der Waals surface area contributed by atoms with E-state index in [1.165, 1.54) is 12.1 Å². The fourth-order valence-corrected chi connectivity index (χ4v) is 2.23. The number of aromatic amines is 1. The number of anilines is 1. The van der Waals surface area contributed by atoms with E-state index in [0.717, 1.165) is 25.6 Å². The summed E-state index contributed by atoms with van der Waals surface area (Å²) < 4.78 is 26.8. The second kappa shape index (κ2) is 4.97. The molecule has 3 N–H and O–H groups in total. The number of aromatic nitrogens is 2. The van der Waals surface area contributed by atoms with E-state index in [4.69, 9.17) is 0 Å². The van der Waals surface area contributed by atoms with Gasteiger partial charge in [0.2, 0.25) is 0 Å². The van der Waals surface area contributed by atoms with Crippen LogP contribution in [0.5, 0.6) is 0 Å². The summed E-state index contributed by atoms with van der Waals surface area (Å²) in [5, 5.41) is 13.3. The lowest BCUT2D eigenvalue weighted by molar-refractivity contribution is 0.511. The second-order valence-corrected chi connectivity index (χ2v) is 4.60. The topological polar surface area (TPSA) is 52.7 Å². The van der Waals surface area contributed by atoms with Crippen molar-refractivity contribution in [3.8, 4) is 11.3 Å². The van der Waals surface area contributed by atoms with Gasteiger partial charge in [-0.15, -0.1) is 0 Å². The maximum absolute atomic E-state index is 13.6. The van der Waals surface area contributed by atoms with E-state index in [0.29, 0.717) is 17.6 Å². The van der Waals surface area contributed by atoms with Crippen molar-refractivity contribution in [3.05, 3.63) is 35.9 Å². The maximum Gasteiger partial charge on any atom is 0.168 e. The number of nitrogens with one attached hydrogen (secondary N) is 3. The molecule has 0 saturated carbocycles. The smallest absolute Gasteiger partial charge is 0.168 e. The van der Waals surface area contributed by atoms with Crippen LogP contribution in [0.4, 0.5) is 14.6 Å². The van der Waals surface area contributed by atoms with Crippen LogP contribution in [0.3, 0.4) is 0 Å². The van der Waals surface area contributed by atoms with Gasteiger partial charge in [-0.1, -0.05) is 6.07 Å². The zero-order chi connectivity index (χ0) is 13.2. The van der Waals surface area contributed by atoms with Crippen LogP contribution in [0, 0.1) is 11.6 Å². The summed E-state index contributed by atoms with van der Waals surface area (Å²) in [5.41, 5.74) is 0.649. The van der Waals surface area contributed by atoms with Crippen LogP contribution in [-0.4, -0.2) is 29.3 Å². The first-order valence-electron chi connectivity index (χ1n) is 6.21. The molecule has 2 heterocycles.